The molecule has 5 heteroatoms. The van der Waals surface area contributed by atoms with E-state index in [0.29, 0.717) is 17.9 Å². The van der Waals surface area contributed by atoms with E-state index in [9.17, 15) is 9.18 Å². The minimum atomic E-state index is -0.203. The lowest BCUT2D eigenvalue weighted by Crippen LogP contribution is -2.36. The fourth-order valence-electron chi connectivity index (χ4n) is 4.02. The van der Waals surface area contributed by atoms with E-state index in [4.69, 9.17) is 0 Å². The molecule has 1 saturated heterocycles. The van der Waals surface area contributed by atoms with Gasteiger partial charge in [-0.3, -0.25) is 9.69 Å². The van der Waals surface area contributed by atoms with Gasteiger partial charge in [0.05, 0.1) is 5.69 Å². The smallest absolute Gasteiger partial charge is 0.254 e. The van der Waals surface area contributed by atoms with Crippen LogP contribution in [-0.4, -0.2) is 27.0 Å². The molecule has 0 amide bonds. The van der Waals surface area contributed by atoms with Crippen LogP contribution in [0.2, 0.25) is 0 Å². The van der Waals surface area contributed by atoms with Gasteiger partial charge in [-0.15, -0.1) is 0 Å². The molecule has 0 aliphatic carbocycles. The summed E-state index contributed by atoms with van der Waals surface area (Å²) in [6.07, 6.45) is 3.84. The number of halogens is 1. The predicted octanol–water partition coefficient (Wildman–Crippen LogP) is 2.35. The van der Waals surface area contributed by atoms with Gasteiger partial charge in [0.1, 0.15) is 11.6 Å². The van der Waals surface area contributed by atoms with Crippen LogP contribution in [0.4, 0.5) is 4.39 Å². The molecule has 0 saturated carbocycles. The van der Waals surface area contributed by atoms with Gasteiger partial charge in [0.25, 0.3) is 5.56 Å². The van der Waals surface area contributed by atoms with Crippen LogP contribution >= 0.6 is 0 Å². The Kier molecular flexibility index (Phi) is 3.53. The van der Waals surface area contributed by atoms with Crippen molar-refractivity contribution in [1.29, 1.82) is 0 Å². The molecule has 2 bridgehead atoms. The molecule has 2 aromatic rings. The summed E-state index contributed by atoms with van der Waals surface area (Å²) in [6.45, 7) is 2.64. The first-order valence-corrected chi connectivity index (χ1v) is 8.19. The van der Waals surface area contributed by atoms with Crippen molar-refractivity contribution in [1.82, 2.24) is 14.9 Å². The zero-order valence-electron chi connectivity index (χ0n) is 13.2. The normalized spacial score (nSPS) is 23.6. The highest BCUT2D eigenvalue weighted by Crippen LogP contribution is 2.33. The van der Waals surface area contributed by atoms with Crippen molar-refractivity contribution in [2.75, 3.05) is 0 Å². The lowest BCUT2D eigenvalue weighted by Gasteiger charge is -2.27. The Hall–Kier alpha value is -2.01. The van der Waals surface area contributed by atoms with Crippen LogP contribution in [-0.2, 0) is 19.4 Å². The molecule has 1 aromatic carbocycles. The first kappa shape index (κ1) is 14.6. The lowest BCUT2D eigenvalue weighted by molar-refractivity contribution is 0.187. The third-order valence-electron chi connectivity index (χ3n) is 5.14. The number of rotatable bonds is 2. The summed E-state index contributed by atoms with van der Waals surface area (Å²) in [5, 5.41) is 0. The van der Waals surface area contributed by atoms with Gasteiger partial charge in [0.2, 0.25) is 0 Å². The molecule has 2 aliphatic heterocycles. The van der Waals surface area contributed by atoms with Crippen molar-refractivity contribution in [2.24, 2.45) is 0 Å². The van der Waals surface area contributed by atoms with Gasteiger partial charge in [-0.05, 0) is 43.9 Å². The van der Waals surface area contributed by atoms with E-state index >= 15 is 0 Å². The maximum absolute atomic E-state index is 13.1. The maximum Gasteiger partial charge on any atom is 0.254 e. The molecule has 2 atom stereocenters. The minimum absolute atomic E-state index is 0.0155. The molecule has 2 aliphatic rings. The summed E-state index contributed by atoms with van der Waals surface area (Å²) >= 11 is 0. The summed E-state index contributed by atoms with van der Waals surface area (Å²) in [4.78, 5) is 22.1. The van der Waals surface area contributed by atoms with Gasteiger partial charge >= 0.3 is 0 Å². The molecule has 120 valence electrons. The third kappa shape index (κ3) is 2.70. The van der Waals surface area contributed by atoms with Crippen molar-refractivity contribution in [3.63, 3.8) is 0 Å². The highest BCUT2D eigenvalue weighted by atomic mass is 19.1. The van der Waals surface area contributed by atoms with Gasteiger partial charge in [-0.25, -0.2) is 9.37 Å². The Morgan fingerprint density at radius 1 is 1.22 bits per heavy atom. The van der Waals surface area contributed by atoms with E-state index in [1.54, 1.807) is 0 Å². The fourth-order valence-corrected chi connectivity index (χ4v) is 4.02. The number of aromatic amines is 1. The zero-order chi connectivity index (χ0) is 16.0. The number of fused-ring (bicyclic) bond motifs is 3. The summed E-state index contributed by atoms with van der Waals surface area (Å²) in [6, 6.07) is 7.51. The quantitative estimate of drug-likeness (QED) is 0.926. The van der Waals surface area contributed by atoms with E-state index in [0.717, 1.165) is 49.0 Å². The van der Waals surface area contributed by atoms with Gasteiger partial charge in [-0.2, -0.15) is 0 Å². The third-order valence-corrected chi connectivity index (χ3v) is 5.14. The van der Waals surface area contributed by atoms with Gasteiger partial charge in [0.15, 0.2) is 0 Å². The number of H-pyrrole nitrogens is 1. The standard InChI is InChI=1S/C18H20FN3O/c1-11-20-17-9-15-7-6-14(8-16(17)18(23)21-11)22(15)10-12-2-4-13(19)5-3-12/h2-5,14-15H,6-10H2,1H3,(H,20,21,23)/t14-,15+/m0/s1. The van der Waals surface area contributed by atoms with E-state index in [2.05, 4.69) is 14.9 Å². The number of benzene rings is 1. The highest BCUT2D eigenvalue weighted by Gasteiger charge is 2.38. The molecule has 1 aromatic heterocycles. The zero-order valence-corrected chi connectivity index (χ0v) is 13.2. The van der Waals surface area contributed by atoms with Crippen molar-refractivity contribution >= 4 is 0 Å². The molecule has 1 fully saturated rings. The maximum atomic E-state index is 13.1. The second-order valence-corrected chi connectivity index (χ2v) is 6.67. The molecule has 3 heterocycles. The minimum Gasteiger partial charge on any atom is -0.311 e. The summed E-state index contributed by atoms with van der Waals surface area (Å²) in [7, 11) is 0. The fraction of sp³-hybridized carbons (Fsp3) is 0.444. The Balaban J connectivity index is 1.64. The lowest BCUT2D eigenvalue weighted by atomic mass is 9.98. The second kappa shape index (κ2) is 5.57. The Morgan fingerprint density at radius 2 is 1.91 bits per heavy atom. The van der Waals surface area contributed by atoms with E-state index in [1.807, 2.05) is 19.1 Å². The van der Waals surface area contributed by atoms with Crippen LogP contribution < -0.4 is 5.56 Å². The van der Waals surface area contributed by atoms with Crippen LogP contribution in [0.3, 0.4) is 0 Å². The number of hydrogen-bond acceptors (Lipinski definition) is 3. The molecule has 1 N–H and O–H groups in total. The number of aromatic nitrogens is 2. The number of hydrogen-bond donors (Lipinski definition) is 1. The number of nitrogens with one attached hydrogen (secondary N) is 1. The van der Waals surface area contributed by atoms with Crippen LogP contribution in [0.1, 0.15) is 35.5 Å². The van der Waals surface area contributed by atoms with Crippen LogP contribution in [0.5, 0.6) is 0 Å². The molecular weight excluding hydrogens is 293 g/mol. The average molecular weight is 313 g/mol. The molecule has 0 unspecified atom stereocenters. The second-order valence-electron chi connectivity index (χ2n) is 6.67. The summed E-state index contributed by atoms with van der Waals surface area (Å²) in [5.74, 6) is 0.489. The van der Waals surface area contributed by atoms with E-state index < -0.39 is 0 Å². The molecule has 23 heavy (non-hydrogen) atoms. The van der Waals surface area contributed by atoms with Crippen molar-refractivity contribution in [3.05, 3.63) is 63.1 Å². The van der Waals surface area contributed by atoms with Crippen molar-refractivity contribution < 1.29 is 4.39 Å². The highest BCUT2D eigenvalue weighted by molar-refractivity contribution is 5.25. The van der Waals surface area contributed by atoms with Gasteiger partial charge in [0, 0.05) is 30.6 Å². The first-order valence-electron chi connectivity index (χ1n) is 8.19. The SMILES string of the molecule is Cc1nc2c(c(=O)[nH]1)C[C@@H]1CC[C@H](C2)N1Cc1ccc(F)cc1. The van der Waals surface area contributed by atoms with Gasteiger partial charge in [-0.1, -0.05) is 12.1 Å². The summed E-state index contributed by atoms with van der Waals surface area (Å²) in [5.41, 5.74) is 2.95. The average Bonchev–Trinajstić information content (AvgIpc) is 2.78. The summed E-state index contributed by atoms with van der Waals surface area (Å²) < 4.78 is 13.1. The largest absolute Gasteiger partial charge is 0.311 e. The van der Waals surface area contributed by atoms with E-state index in [1.165, 1.54) is 12.1 Å². The van der Waals surface area contributed by atoms with Crippen molar-refractivity contribution in [2.45, 2.75) is 51.2 Å². The monoisotopic (exact) mass is 313 g/mol. The van der Waals surface area contributed by atoms with Crippen LogP contribution in [0.15, 0.2) is 29.1 Å². The van der Waals surface area contributed by atoms with Gasteiger partial charge < -0.3 is 4.98 Å². The van der Waals surface area contributed by atoms with Crippen LogP contribution in [0.25, 0.3) is 0 Å². The number of aryl methyl sites for hydroxylation is 1. The molecule has 0 radical (unpaired) electrons. The molecule has 4 rings (SSSR count). The Bertz CT molecular complexity index is 784. The Labute approximate surface area is 134 Å². The molecule has 4 nitrogen and oxygen atoms in total. The topological polar surface area (TPSA) is 49.0 Å². The predicted molar refractivity (Wildman–Crippen MR) is 85.8 cm³/mol. The Morgan fingerprint density at radius 3 is 2.65 bits per heavy atom. The first-order chi connectivity index (χ1) is 11.1. The van der Waals surface area contributed by atoms with Crippen molar-refractivity contribution in [3.8, 4) is 0 Å². The van der Waals surface area contributed by atoms with E-state index in [-0.39, 0.29) is 11.4 Å². The molecular formula is C18H20FN3O. The number of nitrogens with zero attached hydrogens (tertiary/aromatic N) is 2. The van der Waals surface area contributed by atoms with Crippen LogP contribution in [0, 0.1) is 12.7 Å². The molecule has 0 spiro atoms.